The summed E-state index contributed by atoms with van der Waals surface area (Å²) in [7, 11) is 5.43. The molecule has 4 heteroatoms. The fourth-order valence-corrected chi connectivity index (χ4v) is 1.22. The van der Waals surface area contributed by atoms with E-state index in [4.69, 9.17) is 0 Å². The highest BCUT2D eigenvalue weighted by molar-refractivity contribution is 5.88. The lowest BCUT2D eigenvalue weighted by molar-refractivity contribution is -0.696. The van der Waals surface area contributed by atoms with Crippen molar-refractivity contribution in [1.29, 1.82) is 0 Å². The Bertz CT molecular complexity index is 337. The lowest BCUT2D eigenvalue weighted by Crippen LogP contribution is -2.38. The summed E-state index contributed by atoms with van der Waals surface area (Å²) in [6.07, 6.45) is 3.74. The van der Waals surface area contributed by atoms with E-state index < -0.39 is 0 Å². The highest BCUT2D eigenvalue weighted by atomic mass is 16.5. The summed E-state index contributed by atoms with van der Waals surface area (Å²) in [4.78, 5) is 13.4. The molecule has 0 spiro atoms. The summed E-state index contributed by atoms with van der Waals surface area (Å²) < 4.78 is 6.63. The zero-order valence-electron chi connectivity index (χ0n) is 9.43. The van der Waals surface area contributed by atoms with Gasteiger partial charge < -0.3 is 9.64 Å². The molecule has 0 aromatic carbocycles. The zero-order chi connectivity index (χ0) is 11.3. The Labute approximate surface area is 90.1 Å². The molecule has 1 rings (SSSR count). The van der Waals surface area contributed by atoms with Gasteiger partial charge in [-0.25, -0.2) is 9.36 Å². The maximum atomic E-state index is 11.3. The van der Waals surface area contributed by atoms with Gasteiger partial charge in [0.1, 0.15) is 5.56 Å². The summed E-state index contributed by atoms with van der Waals surface area (Å²) in [5.41, 5.74) is 0.582. The number of rotatable bonds is 4. The van der Waals surface area contributed by atoms with E-state index in [1.165, 1.54) is 7.11 Å². The second-order valence-corrected chi connectivity index (χ2v) is 3.63. The molecule has 15 heavy (non-hydrogen) atoms. The highest BCUT2D eigenvalue weighted by Gasteiger charge is 2.10. The molecular formula is C11H17N2O2+. The van der Waals surface area contributed by atoms with Crippen LogP contribution in [0.5, 0.6) is 0 Å². The Morgan fingerprint density at radius 1 is 1.53 bits per heavy atom. The predicted molar refractivity (Wildman–Crippen MR) is 56.5 cm³/mol. The summed E-state index contributed by atoms with van der Waals surface area (Å²) >= 11 is 0. The maximum Gasteiger partial charge on any atom is 0.343 e. The molecule has 0 radical (unpaired) electrons. The smallest absolute Gasteiger partial charge is 0.343 e. The molecule has 0 atom stereocenters. The topological polar surface area (TPSA) is 33.4 Å². The molecule has 0 unspecified atom stereocenters. The first-order valence-electron chi connectivity index (χ1n) is 4.85. The van der Waals surface area contributed by atoms with Crippen molar-refractivity contribution in [2.45, 2.75) is 6.54 Å². The van der Waals surface area contributed by atoms with Crippen LogP contribution in [0.25, 0.3) is 0 Å². The number of aromatic nitrogens is 1. The normalized spacial score (nSPS) is 10.4. The SMILES string of the molecule is COC(=O)c1ccc[n+](CCN(C)C)c1. The van der Waals surface area contributed by atoms with Crippen molar-refractivity contribution in [3.05, 3.63) is 30.1 Å². The molecule has 0 fully saturated rings. The predicted octanol–water partition coefficient (Wildman–Crippen LogP) is 0.322. The van der Waals surface area contributed by atoms with Crippen LogP contribution in [-0.4, -0.2) is 38.6 Å². The fourth-order valence-electron chi connectivity index (χ4n) is 1.22. The van der Waals surface area contributed by atoms with E-state index in [0.717, 1.165) is 13.1 Å². The van der Waals surface area contributed by atoms with Crippen molar-refractivity contribution >= 4 is 5.97 Å². The summed E-state index contributed by atoms with van der Waals surface area (Å²) in [6.45, 7) is 1.80. The molecule has 0 bridgehead atoms. The largest absolute Gasteiger partial charge is 0.465 e. The Morgan fingerprint density at radius 3 is 2.87 bits per heavy atom. The van der Waals surface area contributed by atoms with Crippen molar-refractivity contribution in [3.63, 3.8) is 0 Å². The lowest BCUT2D eigenvalue weighted by atomic mass is 10.3. The molecule has 82 valence electrons. The van der Waals surface area contributed by atoms with Crippen LogP contribution in [0.3, 0.4) is 0 Å². The summed E-state index contributed by atoms with van der Waals surface area (Å²) in [5.74, 6) is -0.297. The van der Waals surface area contributed by atoms with Gasteiger partial charge in [0.05, 0.1) is 13.7 Å². The number of pyridine rings is 1. The standard InChI is InChI=1S/C11H17N2O2/c1-12(2)7-8-13-6-4-5-10(9-13)11(14)15-3/h4-6,9H,7-8H2,1-3H3/q+1. The van der Waals surface area contributed by atoms with Gasteiger partial charge in [0, 0.05) is 6.07 Å². The number of methoxy groups -OCH3 is 1. The summed E-state index contributed by atoms with van der Waals surface area (Å²) in [5, 5.41) is 0. The second kappa shape index (κ2) is 5.46. The van der Waals surface area contributed by atoms with Crippen LogP contribution < -0.4 is 4.57 Å². The summed E-state index contributed by atoms with van der Waals surface area (Å²) in [6, 6.07) is 3.60. The molecule has 0 saturated heterocycles. The second-order valence-electron chi connectivity index (χ2n) is 3.63. The monoisotopic (exact) mass is 209 g/mol. The van der Waals surface area contributed by atoms with E-state index >= 15 is 0 Å². The van der Waals surface area contributed by atoms with E-state index in [1.54, 1.807) is 12.3 Å². The molecule has 0 aliphatic carbocycles. The maximum absolute atomic E-state index is 11.3. The third-order valence-corrected chi connectivity index (χ3v) is 2.08. The minimum absolute atomic E-state index is 0.297. The molecule has 1 aromatic heterocycles. The number of hydrogen-bond donors (Lipinski definition) is 0. The molecule has 4 nitrogen and oxygen atoms in total. The molecule has 1 heterocycles. The number of esters is 1. The van der Waals surface area contributed by atoms with E-state index in [-0.39, 0.29) is 5.97 Å². The fraction of sp³-hybridized carbons (Fsp3) is 0.455. The highest BCUT2D eigenvalue weighted by Crippen LogP contribution is 1.96. The van der Waals surface area contributed by atoms with Gasteiger partial charge in [0.2, 0.25) is 0 Å². The van der Waals surface area contributed by atoms with Crippen LogP contribution in [-0.2, 0) is 11.3 Å². The van der Waals surface area contributed by atoms with Crippen molar-refractivity contribution in [2.24, 2.45) is 0 Å². The third kappa shape index (κ3) is 3.67. The van der Waals surface area contributed by atoms with Crippen LogP contribution in [0.2, 0.25) is 0 Å². The van der Waals surface area contributed by atoms with E-state index in [9.17, 15) is 4.79 Å². The zero-order valence-corrected chi connectivity index (χ0v) is 9.43. The molecule has 1 aromatic rings. The van der Waals surface area contributed by atoms with Crippen LogP contribution in [0.1, 0.15) is 10.4 Å². The van der Waals surface area contributed by atoms with Crippen LogP contribution in [0, 0.1) is 0 Å². The van der Waals surface area contributed by atoms with Gasteiger partial charge >= 0.3 is 5.97 Å². The van der Waals surface area contributed by atoms with Gasteiger partial charge in [-0.3, -0.25) is 0 Å². The number of ether oxygens (including phenoxy) is 1. The van der Waals surface area contributed by atoms with Crippen molar-refractivity contribution in [2.75, 3.05) is 27.7 Å². The Morgan fingerprint density at radius 2 is 2.27 bits per heavy atom. The molecular weight excluding hydrogens is 192 g/mol. The molecule has 0 saturated carbocycles. The Balaban J connectivity index is 2.70. The van der Waals surface area contributed by atoms with Gasteiger partial charge in [0.15, 0.2) is 18.9 Å². The number of likely N-dealkylation sites (N-methyl/N-ethyl adjacent to an activating group) is 1. The van der Waals surface area contributed by atoms with E-state index in [0.29, 0.717) is 5.56 Å². The number of carbonyl (C=O) groups is 1. The van der Waals surface area contributed by atoms with Gasteiger partial charge in [-0.1, -0.05) is 0 Å². The van der Waals surface area contributed by atoms with Crippen molar-refractivity contribution in [1.82, 2.24) is 4.90 Å². The van der Waals surface area contributed by atoms with Gasteiger partial charge in [0.25, 0.3) is 0 Å². The number of hydrogen-bond acceptors (Lipinski definition) is 3. The average molecular weight is 209 g/mol. The van der Waals surface area contributed by atoms with Crippen molar-refractivity contribution in [3.8, 4) is 0 Å². The lowest BCUT2D eigenvalue weighted by Gasteiger charge is -2.06. The van der Waals surface area contributed by atoms with Gasteiger partial charge in [-0.2, -0.15) is 0 Å². The minimum atomic E-state index is -0.297. The first-order chi connectivity index (χ1) is 7.13. The molecule has 0 aliphatic rings. The number of nitrogens with zero attached hydrogens (tertiary/aromatic N) is 2. The average Bonchev–Trinajstić information content (AvgIpc) is 2.25. The molecule has 0 N–H and O–H groups in total. The van der Waals surface area contributed by atoms with E-state index in [2.05, 4.69) is 9.64 Å². The third-order valence-electron chi connectivity index (χ3n) is 2.08. The van der Waals surface area contributed by atoms with E-state index in [1.807, 2.05) is 30.9 Å². The van der Waals surface area contributed by atoms with Crippen LogP contribution in [0.4, 0.5) is 0 Å². The Hall–Kier alpha value is -1.42. The van der Waals surface area contributed by atoms with Crippen LogP contribution >= 0.6 is 0 Å². The first kappa shape index (κ1) is 11.7. The first-order valence-corrected chi connectivity index (χ1v) is 4.85. The van der Waals surface area contributed by atoms with Gasteiger partial charge in [-0.05, 0) is 20.2 Å². The van der Waals surface area contributed by atoms with Gasteiger partial charge in [-0.15, -0.1) is 0 Å². The molecule has 0 amide bonds. The quantitative estimate of drug-likeness (QED) is 0.529. The Kier molecular flexibility index (Phi) is 4.24. The van der Waals surface area contributed by atoms with Crippen LogP contribution in [0.15, 0.2) is 24.5 Å². The number of carbonyl (C=O) groups excluding carboxylic acids is 1. The minimum Gasteiger partial charge on any atom is -0.465 e. The van der Waals surface area contributed by atoms with Crippen molar-refractivity contribution < 1.29 is 14.1 Å². The molecule has 0 aliphatic heterocycles.